The fourth-order valence-electron chi connectivity index (χ4n) is 2.80. The Kier molecular flexibility index (Phi) is 5.19. The van der Waals surface area contributed by atoms with E-state index in [2.05, 4.69) is 6.07 Å². The average Bonchev–Trinajstić information content (AvgIpc) is 3.08. The lowest BCUT2D eigenvalue weighted by molar-refractivity contribution is -0.143. The van der Waals surface area contributed by atoms with Crippen LogP contribution in [0.15, 0.2) is 16.8 Å². The van der Waals surface area contributed by atoms with E-state index in [9.17, 15) is 14.9 Å². The van der Waals surface area contributed by atoms with Crippen LogP contribution in [0.3, 0.4) is 0 Å². The van der Waals surface area contributed by atoms with Crippen molar-refractivity contribution < 1.29 is 14.3 Å². The molecular formula is C16H20N2O3S. The Morgan fingerprint density at radius 3 is 2.64 bits per heavy atom. The second-order valence-electron chi connectivity index (χ2n) is 5.66. The van der Waals surface area contributed by atoms with Gasteiger partial charge in [-0.05, 0) is 31.2 Å². The molecule has 1 fully saturated rings. The zero-order chi connectivity index (χ0) is 16.2. The van der Waals surface area contributed by atoms with Gasteiger partial charge in [0.1, 0.15) is 5.54 Å². The minimum absolute atomic E-state index is 0.327. The van der Waals surface area contributed by atoms with Crippen LogP contribution in [0.5, 0.6) is 0 Å². The number of hydrogen-bond acceptors (Lipinski definition) is 5. The molecule has 0 aromatic carbocycles. The van der Waals surface area contributed by atoms with Crippen molar-refractivity contribution in [3.8, 4) is 6.07 Å². The minimum Gasteiger partial charge on any atom is -0.449 e. The molecule has 1 amide bonds. The fraction of sp³-hybridized carbons (Fsp3) is 0.562. The van der Waals surface area contributed by atoms with Gasteiger partial charge in [0.05, 0.1) is 11.6 Å². The van der Waals surface area contributed by atoms with Crippen LogP contribution in [0.25, 0.3) is 0 Å². The third-order valence-corrected chi connectivity index (χ3v) is 4.93. The zero-order valence-corrected chi connectivity index (χ0v) is 13.7. The summed E-state index contributed by atoms with van der Waals surface area (Å²) in [6, 6.07) is 3.96. The highest BCUT2D eigenvalue weighted by Gasteiger charge is 2.40. The summed E-state index contributed by atoms with van der Waals surface area (Å²) in [5, 5.41) is 13.0. The molecule has 118 valence electrons. The van der Waals surface area contributed by atoms with Gasteiger partial charge in [-0.3, -0.25) is 4.79 Å². The molecule has 2 rings (SSSR count). The lowest BCUT2D eigenvalue weighted by Gasteiger charge is -2.39. The molecule has 1 aliphatic rings. The van der Waals surface area contributed by atoms with Crippen LogP contribution in [-0.2, 0) is 9.53 Å². The van der Waals surface area contributed by atoms with Gasteiger partial charge in [-0.2, -0.15) is 16.6 Å². The predicted molar refractivity (Wildman–Crippen MR) is 83.4 cm³/mol. The third kappa shape index (κ3) is 3.30. The predicted octanol–water partition coefficient (Wildman–Crippen LogP) is 2.98. The Morgan fingerprint density at radius 1 is 1.41 bits per heavy atom. The SMILES string of the molecule is C[C@H](OC(=O)c1ccsc1)C(=O)N(C)C1(C#N)CCCCC1. The maximum absolute atomic E-state index is 12.5. The lowest BCUT2D eigenvalue weighted by atomic mass is 9.81. The number of likely N-dealkylation sites (N-methyl/N-ethyl adjacent to an activating group) is 1. The second-order valence-corrected chi connectivity index (χ2v) is 6.44. The van der Waals surface area contributed by atoms with Crippen LogP contribution < -0.4 is 0 Å². The van der Waals surface area contributed by atoms with Gasteiger partial charge in [0.15, 0.2) is 6.10 Å². The highest BCUT2D eigenvalue weighted by molar-refractivity contribution is 7.08. The number of esters is 1. The monoisotopic (exact) mass is 320 g/mol. The summed E-state index contributed by atoms with van der Waals surface area (Å²) in [6.45, 7) is 1.55. The first-order chi connectivity index (χ1) is 10.5. The molecule has 6 heteroatoms. The molecule has 1 atom stereocenters. The first-order valence-corrected chi connectivity index (χ1v) is 8.36. The molecule has 1 heterocycles. The molecule has 22 heavy (non-hydrogen) atoms. The normalized spacial score (nSPS) is 18.0. The maximum Gasteiger partial charge on any atom is 0.339 e. The van der Waals surface area contributed by atoms with Gasteiger partial charge in [-0.15, -0.1) is 0 Å². The standard InChI is InChI=1S/C16H20N2O3S/c1-12(21-15(20)13-6-9-22-10-13)14(19)18(2)16(11-17)7-4-3-5-8-16/h6,9-10,12H,3-5,7-8H2,1-2H3/t12-/m0/s1. The molecule has 1 saturated carbocycles. The van der Waals surface area contributed by atoms with Crippen molar-refractivity contribution in [2.75, 3.05) is 7.05 Å². The fourth-order valence-corrected chi connectivity index (χ4v) is 3.43. The van der Waals surface area contributed by atoms with E-state index in [1.54, 1.807) is 30.8 Å². The second kappa shape index (κ2) is 6.93. The van der Waals surface area contributed by atoms with Gasteiger partial charge >= 0.3 is 5.97 Å². The van der Waals surface area contributed by atoms with Crippen LogP contribution in [-0.4, -0.2) is 35.5 Å². The average molecular weight is 320 g/mol. The van der Waals surface area contributed by atoms with Crippen LogP contribution in [0, 0.1) is 11.3 Å². The van der Waals surface area contributed by atoms with E-state index in [-0.39, 0.29) is 5.91 Å². The van der Waals surface area contributed by atoms with Crippen LogP contribution in [0.2, 0.25) is 0 Å². The topological polar surface area (TPSA) is 70.4 Å². The van der Waals surface area contributed by atoms with E-state index in [0.29, 0.717) is 18.4 Å². The van der Waals surface area contributed by atoms with Crippen molar-refractivity contribution in [3.05, 3.63) is 22.4 Å². The molecule has 5 nitrogen and oxygen atoms in total. The van der Waals surface area contributed by atoms with E-state index >= 15 is 0 Å². The first-order valence-electron chi connectivity index (χ1n) is 7.42. The van der Waals surface area contributed by atoms with Crippen molar-refractivity contribution in [2.45, 2.75) is 50.7 Å². The molecule has 0 saturated heterocycles. The highest BCUT2D eigenvalue weighted by atomic mass is 32.1. The molecule has 0 spiro atoms. The minimum atomic E-state index is -0.899. The van der Waals surface area contributed by atoms with Gasteiger partial charge in [0.25, 0.3) is 5.91 Å². The van der Waals surface area contributed by atoms with Crippen LogP contribution in [0.4, 0.5) is 0 Å². The summed E-state index contributed by atoms with van der Waals surface area (Å²) in [4.78, 5) is 25.9. The van der Waals surface area contributed by atoms with E-state index < -0.39 is 17.6 Å². The van der Waals surface area contributed by atoms with Gasteiger partial charge in [0.2, 0.25) is 0 Å². The summed E-state index contributed by atoms with van der Waals surface area (Å²) < 4.78 is 5.23. The number of thiophene rings is 1. The molecule has 0 N–H and O–H groups in total. The number of carbonyl (C=O) groups is 2. The molecule has 1 aromatic rings. The van der Waals surface area contributed by atoms with E-state index in [1.807, 2.05) is 0 Å². The molecule has 1 aliphatic carbocycles. The van der Waals surface area contributed by atoms with E-state index in [1.165, 1.54) is 16.2 Å². The van der Waals surface area contributed by atoms with Crippen molar-refractivity contribution in [3.63, 3.8) is 0 Å². The molecule has 0 radical (unpaired) electrons. The number of ether oxygens (including phenoxy) is 1. The lowest BCUT2D eigenvalue weighted by Crippen LogP contribution is -2.53. The molecule has 0 unspecified atom stereocenters. The number of amides is 1. The Morgan fingerprint density at radius 2 is 2.09 bits per heavy atom. The number of rotatable bonds is 4. The number of nitrogens with zero attached hydrogens (tertiary/aromatic N) is 2. The zero-order valence-electron chi connectivity index (χ0n) is 12.9. The smallest absolute Gasteiger partial charge is 0.339 e. The third-order valence-electron chi connectivity index (χ3n) is 4.25. The summed E-state index contributed by atoms with van der Waals surface area (Å²) in [5.74, 6) is -0.836. The number of nitriles is 1. The Bertz CT molecular complexity index is 571. The van der Waals surface area contributed by atoms with Gasteiger partial charge in [-0.1, -0.05) is 19.3 Å². The first kappa shape index (κ1) is 16.5. The van der Waals surface area contributed by atoms with Gasteiger partial charge < -0.3 is 9.64 Å². The molecular weight excluding hydrogens is 300 g/mol. The van der Waals surface area contributed by atoms with Crippen molar-refractivity contribution >= 4 is 23.2 Å². The van der Waals surface area contributed by atoms with Gasteiger partial charge in [-0.25, -0.2) is 4.79 Å². The van der Waals surface area contributed by atoms with Crippen molar-refractivity contribution in [2.24, 2.45) is 0 Å². The summed E-state index contributed by atoms with van der Waals surface area (Å²) >= 11 is 1.40. The molecule has 0 bridgehead atoms. The number of carbonyl (C=O) groups excluding carboxylic acids is 2. The van der Waals surface area contributed by atoms with Crippen LogP contribution >= 0.6 is 11.3 Å². The van der Waals surface area contributed by atoms with E-state index in [0.717, 1.165) is 19.3 Å². The largest absolute Gasteiger partial charge is 0.449 e. The van der Waals surface area contributed by atoms with Crippen molar-refractivity contribution in [1.82, 2.24) is 4.90 Å². The molecule has 0 aliphatic heterocycles. The maximum atomic E-state index is 12.5. The Labute approximate surface area is 134 Å². The summed E-state index contributed by atoms with van der Waals surface area (Å²) in [7, 11) is 1.63. The van der Waals surface area contributed by atoms with Crippen molar-refractivity contribution in [1.29, 1.82) is 5.26 Å². The Balaban J connectivity index is 2.03. The summed E-state index contributed by atoms with van der Waals surface area (Å²) in [5.41, 5.74) is -0.321. The Hall–Kier alpha value is -1.87. The quantitative estimate of drug-likeness (QED) is 0.800. The summed E-state index contributed by atoms with van der Waals surface area (Å²) in [6.07, 6.45) is 3.43. The van der Waals surface area contributed by atoms with Gasteiger partial charge in [0, 0.05) is 12.4 Å². The highest BCUT2D eigenvalue weighted by Crippen LogP contribution is 2.32. The van der Waals surface area contributed by atoms with E-state index in [4.69, 9.17) is 4.74 Å². The van der Waals surface area contributed by atoms with Crippen LogP contribution in [0.1, 0.15) is 49.4 Å². The number of hydrogen-bond donors (Lipinski definition) is 0. The molecule has 1 aromatic heterocycles.